The van der Waals surface area contributed by atoms with Crippen LogP contribution in [0.25, 0.3) is 0 Å². The molecule has 0 unspecified atom stereocenters. The molecule has 1 atom stereocenters. The topological polar surface area (TPSA) is 32.3 Å². The van der Waals surface area contributed by atoms with Crippen LogP contribution < -0.4 is 5.32 Å². The largest absolute Gasteiger partial charge is 0.393 e. The van der Waals surface area contributed by atoms with Gasteiger partial charge in [-0.15, -0.1) is 0 Å². The monoisotopic (exact) mass is 199 g/mol. The molecular weight excluding hydrogens is 174 g/mol. The Morgan fingerprint density at radius 1 is 1.14 bits per heavy atom. The van der Waals surface area contributed by atoms with Crippen molar-refractivity contribution in [3.05, 3.63) is 0 Å². The van der Waals surface area contributed by atoms with E-state index >= 15 is 0 Å². The summed E-state index contributed by atoms with van der Waals surface area (Å²) in [4.78, 5) is 0. The normalized spacial score (nSPS) is 30.6. The smallest absolute Gasteiger partial charge is 0.0541 e. The molecule has 14 heavy (non-hydrogen) atoms. The summed E-state index contributed by atoms with van der Waals surface area (Å²) in [5.74, 6) is 0.770. The Morgan fingerprint density at radius 2 is 1.71 bits per heavy atom. The Balaban J connectivity index is 2.17. The van der Waals surface area contributed by atoms with Crippen molar-refractivity contribution in [1.29, 1.82) is 0 Å². The minimum atomic E-state index is -0.0338. The fourth-order valence-electron chi connectivity index (χ4n) is 2.42. The van der Waals surface area contributed by atoms with Gasteiger partial charge in [-0.1, -0.05) is 13.8 Å². The van der Waals surface area contributed by atoms with Crippen LogP contribution in [0.4, 0.5) is 0 Å². The summed E-state index contributed by atoms with van der Waals surface area (Å²) in [7, 11) is 0. The molecule has 0 amide bonds. The molecule has 2 N–H and O–H groups in total. The summed E-state index contributed by atoms with van der Waals surface area (Å²) in [6.07, 6.45) is 5.46. The lowest BCUT2D eigenvalue weighted by atomic mass is 9.92. The highest BCUT2D eigenvalue weighted by atomic mass is 16.3. The van der Waals surface area contributed by atoms with Crippen molar-refractivity contribution in [2.24, 2.45) is 5.92 Å². The average Bonchev–Trinajstić information content (AvgIpc) is 2.07. The molecule has 0 aromatic heterocycles. The number of aliphatic hydroxyl groups is 1. The molecule has 2 nitrogen and oxygen atoms in total. The van der Waals surface area contributed by atoms with Crippen LogP contribution in [-0.2, 0) is 0 Å². The zero-order valence-electron chi connectivity index (χ0n) is 9.79. The van der Waals surface area contributed by atoms with Crippen molar-refractivity contribution in [3.63, 3.8) is 0 Å². The molecule has 1 aliphatic carbocycles. The van der Waals surface area contributed by atoms with Gasteiger partial charge in [-0.05, 0) is 44.9 Å². The van der Waals surface area contributed by atoms with Crippen LogP contribution in [0, 0.1) is 5.92 Å². The maximum atomic E-state index is 9.38. The Labute approximate surface area is 88.1 Å². The molecule has 0 spiro atoms. The fraction of sp³-hybridized carbons (Fsp3) is 1.00. The minimum absolute atomic E-state index is 0.0338. The summed E-state index contributed by atoms with van der Waals surface area (Å²) in [5.41, 5.74) is 0. The third kappa shape index (κ3) is 4.43. The Bertz CT molecular complexity index is 150. The average molecular weight is 199 g/mol. The molecule has 1 saturated carbocycles. The summed E-state index contributed by atoms with van der Waals surface area (Å²) in [6, 6.07) is 1.27. The van der Waals surface area contributed by atoms with E-state index in [2.05, 4.69) is 26.1 Å². The van der Waals surface area contributed by atoms with Crippen LogP contribution in [0.15, 0.2) is 0 Å². The summed E-state index contributed by atoms with van der Waals surface area (Å²) in [5, 5.41) is 13.0. The van der Waals surface area contributed by atoms with E-state index in [1.165, 1.54) is 6.42 Å². The lowest BCUT2D eigenvalue weighted by Crippen LogP contribution is -2.40. The molecule has 1 aliphatic rings. The molecule has 1 rings (SSSR count). The second-order valence-corrected chi connectivity index (χ2v) is 5.20. The molecule has 0 radical (unpaired) electrons. The van der Waals surface area contributed by atoms with Gasteiger partial charge in [0.2, 0.25) is 0 Å². The number of hydrogen-bond donors (Lipinski definition) is 2. The second kappa shape index (κ2) is 5.72. The molecule has 0 heterocycles. The van der Waals surface area contributed by atoms with Gasteiger partial charge < -0.3 is 10.4 Å². The highest BCUT2D eigenvalue weighted by Crippen LogP contribution is 2.19. The van der Waals surface area contributed by atoms with Gasteiger partial charge in [-0.3, -0.25) is 0 Å². The van der Waals surface area contributed by atoms with E-state index in [1.807, 2.05) is 0 Å². The van der Waals surface area contributed by atoms with Gasteiger partial charge in [0.15, 0.2) is 0 Å². The summed E-state index contributed by atoms with van der Waals surface area (Å²) >= 11 is 0. The lowest BCUT2D eigenvalue weighted by Gasteiger charge is -2.29. The van der Waals surface area contributed by atoms with E-state index in [4.69, 9.17) is 0 Å². The number of nitrogens with one attached hydrogen (secondary N) is 1. The van der Waals surface area contributed by atoms with Gasteiger partial charge in [-0.2, -0.15) is 0 Å². The Morgan fingerprint density at radius 3 is 2.21 bits per heavy atom. The second-order valence-electron chi connectivity index (χ2n) is 5.20. The number of hydrogen-bond acceptors (Lipinski definition) is 2. The van der Waals surface area contributed by atoms with Crippen LogP contribution in [0.3, 0.4) is 0 Å². The van der Waals surface area contributed by atoms with Crippen molar-refractivity contribution < 1.29 is 5.11 Å². The number of aliphatic hydroxyl groups excluding tert-OH is 1. The number of rotatable bonds is 4. The highest BCUT2D eigenvalue weighted by Gasteiger charge is 2.20. The maximum Gasteiger partial charge on any atom is 0.0541 e. The van der Waals surface area contributed by atoms with Crippen LogP contribution >= 0.6 is 0 Å². The maximum absolute atomic E-state index is 9.38. The molecule has 0 aliphatic heterocycles. The zero-order valence-corrected chi connectivity index (χ0v) is 9.79. The SMILES string of the molecule is CC(C)C[C@@H](C)NC1CCC(O)CC1. The first-order valence-corrected chi connectivity index (χ1v) is 6.02. The van der Waals surface area contributed by atoms with Crippen LogP contribution in [0.5, 0.6) is 0 Å². The van der Waals surface area contributed by atoms with E-state index in [1.54, 1.807) is 0 Å². The van der Waals surface area contributed by atoms with Gasteiger partial charge in [0.05, 0.1) is 6.10 Å². The Hall–Kier alpha value is -0.0800. The Kier molecular flexibility index (Phi) is 4.90. The first kappa shape index (κ1) is 12.0. The lowest BCUT2D eigenvalue weighted by molar-refractivity contribution is 0.114. The van der Waals surface area contributed by atoms with Crippen LogP contribution in [0.2, 0.25) is 0 Å². The van der Waals surface area contributed by atoms with E-state index < -0.39 is 0 Å². The first-order chi connectivity index (χ1) is 6.58. The molecule has 0 bridgehead atoms. The predicted octanol–water partition coefficient (Wildman–Crippen LogP) is 2.31. The predicted molar refractivity (Wildman–Crippen MR) is 60.3 cm³/mol. The quantitative estimate of drug-likeness (QED) is 0.728. The minimum Gasteiger partial charge on any atom is -0.393 e. The summed E-state index contributed by atoms with van der Waals surface area (Å²) < 4.78 is 0. The van der Waals surface area contributed by atoms with Crippen molar-refractivity contribution in [2.75, 3.05) is 0 Å². The highest BCUT2D eigenvalue weighted by molar-refractivity contribution is 4.79. The van der Waals surface area contributed by atoms with E-state index in [-0.39, 0.29) is 6.10 Å². The molecule has 0 saturated heterocycles. The first-order valence-electron chi connectivity index (χ1n) is 6.02. The van der Waals surface area contributed by atoms with Gasteiger partial charge in [0.1, 0.15) is 0 Å². The van der Waals surface area contributed by atoms with Gasteiger partial charge >= 0.3 is 0 Å². The molecule has 2 heteroatoms. The van der Waals surface area contributed by atoms with Gasteiger partial charge in [0, 0.05) is 12.1 Å². The van der Waals surface area contributed by atoms with Gasteiger partial charge in [-0.25, -0.2) is 0 Å². The molecule has 1 fully saturated rings. The molecule has 84 valence electrons. The third-order valence-electron chi connectivity index (χ3n) is 3.04. The van der Waals surface area contributed by atoms with Crippen LogP contribution in [0.1, 0.15) is 52.9 Å². The van der Waals surface area contributed by atoms with E-state index in [0.29, 0.717) is 12.1 Å². The van der Waals surface area contributed by atoms with E-state index in [9.17, 15) is 5.11 Å². The third-order valence-corrected chi connectivity index (χ3v) is 3.04. The summed E-state index contributed by atoms with van der Waals surface area (Å²) in [6.45, 7) is 6.80. The molecular formula is C12H25NO. The standard InChI is InChI=1S/C12H25NO/c1-9(2)8-10(3)13-11-4-6-12(14)7-5-11/h9-14H,4-8H2,1-3H3/t10-,11?,12?/m1/s1. The van der Waals surface area contributed by atoms with Crippen molar-refractivity contribution in [3.8, 4) is 0 Å². The zero-order chi connectivity index (χ0) is 10.6. The molecule has 0 aromatic rings. The fourth-order valence-corrected chi connectivity index (χ4v) is 2.42. The van der Waals surface area contributed by atoms with Crippen LogP contribution in [-0.4, -0.2) is 23.3 Å². The van der Waals surface area contributed by atoms with Crippen molar-refractivity contribution >= 4 is 0 Å². The molecule has 0 aromatic carbocycles. The van der Waals surface area contributed by atoms with Gasteiger partial charge in [0.25, 0.3) is 0 Å². The van der Waals surface area contributed by atoms with Crippen molar-refractivity contribution in [1.82, 2.24) is 5.32 Å². The van der Waals surface area contributed by atoms with Crippen molar-refractivity contribution in [2.45, 2.75) is 71.1 Å². The van der Waals surface area contributed by atoms with E-state index in [0.717, 1.165) is 31.6 Å².